The third kappa shape index (κ3) is 4.66. The third-order valence-corrected chi connectivity index (χ3v) is 3.10. The van der Waals surface area contributed by atoms with Gasteiger partial charge in [0.25, 0.3) is 5.89 Å². The molecule has 0 saturated carbocycles. The van der Waals surface area contributed by atoms with Crippen molar-refractivity contribution in [2.45, 2.75) is 12.8 Å². The van der Waals surface area contributed by atoms with E-state index in [0.717, 1.165) is 16.8 Å². The summed E-state index contributed by atoms with van der Waals surface area (Å²) in [4.78, 5) is 17.2. The predicted molar refractivity (Wildman–Crippen MR) is 81.5 cm³/mol. The molecule has 3 rings (SSSR count). The molecule has 2 heterocycles. The molecule has 2 aromatic heterocycles. The molecular weight excluding hydrogens is 357 g/mol. The van der Waals surface area contributed by atoms with Crippen LogP contribution in [0.25, 0.3) is 23.0 Å². The van der Waals surface area contributed by atoms with Crippen molar-refractivity contribution in [1.82, 2.24) is 19.7 Å². The summed E-state index contributed by atoms with van der Waals surface area (Å²) in [6.07, 6.45) is -1.73. The molecule has 0 aliphatic carbocycles. The molecule has 1 aromatic carbocycles. The molecule has 0 radical (unpaired) electrons. The molecule has 138 valence electrons. The number of rotatable bonds is 3. The maximum absolute atomic E-state index is 10.6. The number of hydrogen-bond acceptors (Lipinski definition) is 6. The van der Waals surface area contributed by atoms with Gasteiger partial charge in [0.1, 0.15) is 5.69 Å². The van der Waals surface area contributed by atoms with E-state index < -0.39 is 12.1 Å². The molecule has 11 heteroatoms. The van der Waals surface area contributed by atoms with Gasteiger partial charge >= 0.3 is 12.1 Å². The highest BCUT2D eigenvalue weighted by molar-refractivity contribution is 5.73. The molecule has 0 bridgehead atoms. The van der Waals surface area contributed by atoms with Crippen LogP contribution in [0.15, 0.2) is 41.3 Å². The van der Waals surface area contributed by atoms with Gasteiger partial charge in [-0.25, -0.2) is 9.78 Å². The minimum atomic E-state index is -5.08. The van der Waals surface area contributed by atoms with Crippen molar-refractivity contribution >= 4 is 5.97 Å². The second-order valence-electron chi connectivity index (χ2n) is 4.97. The second kappa shape index (κ2) is 7.78. The summed E-state index contributed by atoms with van der Waals surface area (Å²) >= 11 is 0. The highest BCUT2D eigenvalue weighted by Gasteiger charge is 2.38. The van der Waals surface area contributed by atoms with Crippen molar-refractivity contribution in [1.29, 1.82) is 0 Å². The average molecular weight is 370 g/mol. The van der Waals surface area contributed by atoms with Crippen molar-refractivity contribution in [2.75, 3.05) is 0 Å². The number of aliphatic hydroxyl groups excluding tert-OH is 1. The summed E-state index contributed by atoms with van der Waals surface area (Å²) in [6.45, 7) is 0.0206. The normalized spacial score (nSPS) is 11.0. The number of nitrogens with zero attached hydrogens (tertiary/aromatic N) is 4. The van der Waals surface area contributed by atoms with Crippen LogP contribution < -0.4 is 0 Å². The van der Waals surface area contributed by atoms with E-state index in [1.165, 1.54) is 0 Å². The summed E-state index contributed by atoms with van der Waals surface area (Å²) in [5.41, 5.74) is 2.46. The van der Waals surface area contributed by atoms with Gasteiger partial charge in [-0.15, -0.1) is 0 Å². The summed E-state index contributed by atoms with van der Waals surface area (Å²) in [5, 5.41) is 20.1. The Balaban J connectivity index is 0.000000298. The first-order valence-electron chi connectivity index (χ1n) is 7.03. The van der Waals surface area contributed by atoms with Gasteiger partial charge in [-0.05, 0) is 5.56 Å². The molecule has 0 saturated heterocycles. The van der Waals surface area contributed by atoms with Crippen molar-refractivity contribution < 1.29 is 32.7 Å². The summed E-state index contributed by atoms with van der Waals surface area (Å²) in [7, 11) is 1.86. The predicted octanol–water partition coefficient (Wildman–Crippen LogP) is 2.26. The molecule has 26 heavy (non-hydrogen) atoms. The van der Waals surface area contributed by atoms with Gasteiger partial charge in [0.2, 0.25) is 5.82 Å². The Morgan fingerprint density at radius 3 is 2.35 bits per heavy atom. The minimum Gasteiger partial charge on any atom is -0.475 e. The van der Waals surface area contributed by atoms with Crippen LogP contribution in [-0.2, 0) is 18.4 Å². The van der Waals surface area contributed by atoms with E-state index in [-0.39, 0.29) is 6.61 Å². The SMILES string of the molecule is Cn1cncc1-c1nc(-c2ccc(CO)cc2)no1.O=C(O)C(F)(F)F. The van der Waals surface area contributed by atoms with Crippen LogP contribution >= 0.6 is 0 Å². The van der Waals surface area contributed by atoms with Crippen LogP contribution in [0, 0.1) is 0 Å². The van der Waals surface area contributed by atoms with E-state index in [0.29, 0.717) is 11.7 Å². The van der Waals surface area contributed by atoms with Gasteiger partial charge in [0, 0.05) is 12.6 Å². The lowest BCUT2D eigenvalue weighted by Gasteiger charge is -1.97. The lowest BCUT2D eigenvalue weighted by molar-refractivity contribution is -0.192. The standard InChI is InChI=1S/C13H12N4O2.C2HF3O2/c1-17-8-14-6-11(17)13-15-12(16-19-13)10-4-2-9(7-18)3-5-10;3-2(4,5)1(6)7/h2-6,8,18H,7H2,1H3;(H,6,7). The van der Waals surface area contributed by atoms with E-state index in [4.69, 9.17) is 19.5 Å². The fraction of sp³-hybridized carbons (Fsp3) is 0.200. The number of benzene rings is 1. The van der Waals surface area contributed by atoms with E-state index in [1.54, 1.807) is 12.5 Å². The van der Waals surface area contributed by atoms with E-state index in [2.05, 4.69) is 15.1 Å². The largest absolute Gasteiger partial charge is 0.490 e. The molecule has 0 aliphatic rings. The maximum Gasteiger partial charge on any atom is 0.490 e. The van der Waals surface area contributed by atoms with Crippen molar-refractivity contribution in [3.05, 3.63) is 42.4 Å². The van der Waals surface area contributed by atoms with Crippen molar-refractivity contribution in [3.8, 4) is 23.0 Å². The Morgan fingerprint density at radius 2 is 1.88 bits per heavy atom. The highest BCUT2D eigenvalue weighted by Crippen LogP contribution is 2.21. The number of aliphatic hydroxyl groups is 1. The number of alkyl halides is 3. The van der Waals surface area contributed by atoms with Crippen LogP contribution in [0.1, 0.15) is 5.56 Å². The quantitative estimate of drug-likeness (QED) is 0.727. The number of imidazole rings is 1. The molecule has 0 unspecified atom stereocenters. The van der Waals surface area contributed by atoms with Gasteiger partial charge in [0.05, 0.1) is 19.1 Å². The zero-order valence-electron chi connectivity index (χ0n) is 13.3. The average Bonchev–Trinajstić information content (AvgIpc) is 3.23. The minimum absolute atomic E-state index is 0.0206. The zero-order chi connectivity index (χ0) is 19.3. The van der Waals surface area contributed by atoms with Gasteiger partial charge in [-0.2, -0.15) is 18.2 Å². The molecule has 0 aliphatic heterocycles. The molecule has 0 fully saturated rings. The first-order valence-corrected chi connectivity index (χ1v) is 7.03. The topological polar surface area (TPSA) is 114 Å². The van der Waals surface area contributed by atoms with Gasteiger partial charge in [-0.1, -0.05) is 29.4 Å². The van der Waals surface area contributed by atoms with Crippen molar-refractivity contribution in [2.24, 2.45) is 7.05 Å². The number of halogens is 3. The van der Waals surface area contributed by atoms with Crippen LogP contribution in [0.2, 0.25) is 0 Å². The lowest BCUT2D eigenvalue weighted by Crippen LogP contribution is -2.21. The Kier molecular flexibility index (Phi) is 5.72. The number of carboxylic acid groups (broad SMARTS) is 1. The summed E-state index contributed by atoms with van der Waals surface area (Å²) in [6, 6.07) is 7.36. The van der Waals surface area contributed by atoms with Gasteiger partial charge < -0.3 is 19.3 Å². The molecular formula is C15H13F3N4O4. The maximum atomic E-state index is 10.6. The highest BCUT2D eigenvalue weighted by atomic mass is 19.4. The number of aliphatic carboxylic acids is 1. The summed E-state index contributed by atoms with van der Waals surface area (Å²) < 4.78 is 38.8. The molecule has 8 nitrogen and oxygen atoms in total. The van der Waals surface area contributed by atoms with Gasteiger partial charge in [-0.3, -0.25) is 0 Å². The number of aromatic nitrogens is 4. The van der Waals surface area contributed by atoms with Crippen LogP contribution in [0.4, 0.5) is 13.2 Å². The Bertz CT molecular complexity index is 872. The Hall–Kier alpha value is -3.21. The van der Waals surface area contributed by atoms with Gasteiger partial charge in [0.15, 0.2) is 0 Å². The summed E-state index contributed by atoms with van der Waals surface area (Å²) in [5.74, 6) is -1.81. The smallest absolute Gasteiger partial charge is 0.475 e. The first kappa shape index (κ1) is 19.1. The number of carboxylic acids is 1. The molecule has 0 amide bonds. The fourth-order valence-corrected chi connectivity index (χ4v) is 1.77. The van der Waals surface area contributed by atoms with Crippen LogP contribution in [-0.4, -0.2) is 42.1 Å². The van der Waals surface area contributed by atoms with Crippen LogP contribution in [0.5, 0.6) is 0 Å². The van der Waals surface area contributed by atoms with E-state index in [1.807, 2.05) is 35.9 Å². The molecule has 0 spiro atoms. The van der Waals surface area contributed by atoms with E-state index >= 15 is 0 Å². The van der Waals surface area contributed by atoms with E-state index in [9.17, 15) is 13.2 Å². The monoisotopic (exact) mass is 370 g/mol. The number of hydrogen-bond donors (Lipinski definition) is 2. The zero-order valence-corrected chi connectivity index (χ0v) is 13.3. The lowest BCUT2D eigenvalue weighted by atomic mass is 10.1. The second-order valence-corrected chi connectivity index (χ2v) is 4.97. The molecule has 3 aromatic rings. The van der Waals surface area contributed by atoms with Crippen LogP contribution in [0.3, 0.4) is 0 Å². The van der Waals surface area contributed by atoms with Crippen molar-refractivity contribution in [3.63, 3.8) is 0 Å². The fourth-order valence-electron chi connectivity index (χ4n) is 1.77. The Labute approximate surface area is 144 Å². The third-order valence-electron chi connectivity index (χ3n) is 3.10. The number of aryl methyl sites for hydroxylation is 1. The molecule has 0 atom stereocenters. The number of carbonyl (C=O) groups is 1. The first-order chi connectivity index (χ1) is 12.2. The Morgan fingerprint density at radius 1 is 1.27 bits per heavy atom. The molecule has 2 N–H and O–H groups in total.